The molecule has 0 aliphatic heterocycles. The fourth-order valence-electron chi connectivity index (χ4n) is 2.26. The molecule has 21 heavy (non-hydrogen) atoms. The first kappa shape index (κ1) is 15.3. The van der Waals surface area contributed by atoms with Crippen LogP contribution in [-0.4, -0.2) is 40.6 Å². The van der Waals surface area contributed by atoms with E-state index in [1.54, 1.807) is 11.0 Å². The number of aromatic nitrogens is 1. The van der Waals surface area contributed by atoms with Gasteiger partial charge in [-0.05, 0) is 18.6 Å². The van der Waals surface area contributed by atoms with Crippen molar-refractivity contribution in [2.24, 2.45) is 0 Å². The number of unbranched alkanes of at least 4 members (excludes halogenated alkanes) is 1. The van der Waals surface area contributed by atoms with Crippen molar-refractivity contribution >= 4 is 22.5 Å². The number of hydrogen-bond donors (Lipinski definition) is 2. The number of amides is 1. The average Bonchev–Trinajstić information content (AvgIpc) is 2.50. The largest absolute Gasteiger partial charge is 0.398 e. The second-order valence-electron chi connectivity index (χ2n) is 4.98. The Morgan fingerprint density at radius 2 is 2.10 bits per heavy atom. The van der Waals surface area contributed by atoms with Crippen molar-refractivity contribution in [3.05, 3.63) is 36.0 Å². The standard InChI is InChI=1S/C16H21N3O2/c1-2-3-8-19(9-10-20)16(21)15-11-13(17)12-6-4-5-7-14(12)18-15/h4-7,11,20H,2-3,8-10H2,1H3,(H2,17,18). The summed E-state index contributed by atoms with van der Waals surface area (Å²) in [6, 6.07) is 9.09. The monoisotopic (exact) mass is 287 g/mol. The van der Waals surface area contributed by atoms with Crippen molar-refractivity contribution in [3.63, 3.8) is 0 Å². The van der Waals surface area contributed by atoms with Crippen LogP contribution in [0.1, 0.15) is 30.3 Å². The number of carbonyl (C=O) groups is 1. The van der Waals surface area contributed by atoms with Crippen LogP contribution in [0.5, 0.6) is 0 Å². The highest BCUT2D eigenvalue weighted by atomic mass is 16.3. The summed E-state index contributed by atoms with van der Waals surface area (Å²) >= 11 is 0. The van der Waals surface area contributed by atoms with Crippen molar-refractivity contribution in [1.82, 2.24) is 9.88 Å². The molecule has 1 aromatic heterocycles. The number of fused-ring (bicyclic) bond motifs is 1. The smallest absolute Gasteiger partial charge is 0.272 e. The number of rotatable bonds is 6. The first-order valence-electron chi connectivity index (χ1n) is 7.22. The molecule has 0 aliphatic carbocycles. The molecular formula is C16H21N3O2. The summed E-state index contributed by atoms with van der Waals surface area (Å²) in [6.07, 6.45) is 1.89. The van der Waals surface area contributed by atoms with Crippen molar-refractivity contribution in [2.75, 3.05) is 25.4 Å². The maximum atomic E-state index is 12.5. The summed E-state index contributed by atoms with van der Waals surface area (Å²) < 4.78 is 0. The Morgan fingerprint density at radius 3 is 2.81 bits per heavy atom. The van der Waals surface area contributed by atoms with E-state index in [2.05, 4.69) is 11.9 Å². The van der Waals surface area contributed by atoms with Crippen molar-refractivity contribution in [2.45, 2.75) is 19.8 Å². The van der Waals surface area contributed by atoms with Gasteiger partial charge in [-0.3, -0.25) is 4.79 Å². The number of para-hydroxylation sites is 1. The van der Waals surface area contributed by atoms with Gasteiger partial charge in [0.25, 0.3) is 5.91 Å². The van der Waals surface area contributed by atoms with Gasteiger partial charge in [0.05, 0.1) is 12.1 Å². The van der Waals surface area contributed by atoms with Gasteiger partial charge in [0, 0.05) is 24.2 Å². The topological polar surface area (TPSA) is 79.5 Å². The number of nitrogen functional groups attached to an aromatic ring is 1. The van der Waals surface area contributed by atoms with Crippen LogP contribution in [-0.2, 0) is 0 Å². The molecule has 0 atom stereocenters. The highest BCUT2D eigenvalue weighted by Crippen LogP contribution is 2.20. The Labute approximate surface area is 124 Å². The molecule has 0 unspecified atom stereocenters. The molecule has 0 aliphatic rings. The Morgan fingerprint density at radius 1 is 1.33 bits per heavy atom. The summed E-state index contributed by atoms with van der Waals surface area (Å²) in [4.78, 5) is 18.6. The van der Waals surface area contributed by atoms with Gasteiger partial charge in [0.1, 0.15) is 5.69 Å². The Kier molecular flexibility index (Phi) is 5.11. The maximum Gasteiger partial charge on any atom is 0.272 e. The van der Waals surface area contributed by atoms with E-state index in [0.29, 0.717) is 30.0 Å². The molecule has 0 bridgehead atoms. The number of nitrogens with two attached hydrogens (primary N) is 1. The van der Waals surface area contributed by atoms with Crippen LogP contribution >= 0.6 is 0 Å². The molecule has 0 fully saturated rings. The van der Waals surface area contributed by atoms with Gasteiger partial charge in [-0.1, -0.05) is 31.5 Å². The minimum atomic E-state index is -0.185. The third-order valence-corrected chi connectivity index (χ3v) is 3.41. The Bertz CT molecular complexity index is 628. The average molecular weight is 287 g/mol. The number of hydrogen-bond acceptors (Lipinski definition) is 4. The van der Waals surface area contributed by atoms with E-state index in [0.717, 1.165) is 18.2 Å². The summed E-state index contributed by atoms with van der Waals surface area (Å²) in [5.74, 6) is -0.185. The summed E-state index contributed by atoms with van der Waals surface area (Å²) in [7, 11) is 0. The van der Waals surface area contributed by atoms with Gasteiger partial charge < -0.3 is 15.7 Å². The highest BCUT2D eigenvalue weighted by Gasteiger charge is 2.17. The molecule has 5 heteroatoms. The molecule has 2 rings (SSSR count). The van der Waals surface area contributed by atoms with Gasteiger partial charge in [0.2, 0.25) is 0 Å². The molecule has 0 saturated heterocycles. The van der Waals surface area contributed by atoms with Gasteiger partial charge >= 0.3 is 0 Å². The predicted octanol–water partition coefficient (Wildman–Crippen LogP) is 2.05. The van der Waals surface area contributed by atoms with Gasteiger partial charge in [-0.2, -0.15) is 0 Å². The van der Waals surface area contributed by atoms with Crippen LogP contribution in [0.25, 0.3) is 10.9 Å². The zero-order chi connectivity index (χ0) is 15.2. The number of anilines is 1. The van der Waals surface area contributed by atoms with Crippen molar-refractivity contribution < 1.29 is 9.90 Å². The fourth-order valence-corrected chi connectivity index (χ4v) is 2.26. The number of aliphatic hydroxyl groups is 1. The van der Waals surface area contributed by atoms with E-state index in [4.69, 9.17) is 10.8 Å². The third kappa shape index (κ3) is 3.49. The molecule has 5 nitrogen and oxygen atoms in total. The van der Waals surface area contributed by atoms with Crippen LogP contribution in [0.15, 0.2) is 30.3 Å². The lowest BCUT2D eigenvalue weighted by molar-refractivity contribution is 0.0714. The third-order valence-electron chi connectivity index (χ3n) is 3.41. The predicted molar refractivity (Wildman–Crippen MR) is 84.1 cm³/mol. The number of carbonyl (C=O) groups excluding carboxylic acids is 1. The van der Waals surface area contributed by atoms with Crippen molar-refractivity contribution in [1.29, 1.82) is 0 Å². The summed E-state index contributed by atoms with van der Waals surface area (Å²) in [6.45, 7) is 2.93. The van der Waals surface area contributed by atoms with Crippen LogP contribution < -0.4 is 5.73 Å². The van der Waals surface area contributed by atoms with Gasteiger partial charge in [-0.15, -0.1) is 0 Å². The van der Waals surface area contributed by atoms with Crippen LogP contribution in [0.2, 0.25) is 0 Å². The normalized spacial score (nSPS) is 10.8. The van der Waals surface area contributed by atoms with Crippen molar-refractivity contribution in [3.8, 4) is 0 Å². The SMILES string of the molecule is CCCCN(CCO)C(=O)c1cc(N)c2ccccc2n1. The number of nitrogens with zero attached hydrogens (tertiary/aromatic N) is 2. The summed E-state index contributed by atoms with van der Waals surface area (Å²) in [5.41, 5.74) is 7.59. The van der Waals surface area contributed by atoms with E-state index in [-0.39, 0.29) is 12.5 Å². The summed E-state index contributed by atoms with van der Waals surface area (Å²) in [5, 5.41) is 9.96. The number of benzene rings is 1. The second kappa shape index (κ2) is 7.04. The van der Waals surface area contributed by atoms with E-state index in [9.17, 15) is 4.79 Å². The zero-order valence-electron chi connectivity index (χ0n) is 12.2. The molecule has 112 valence electrons. The molecule has 0 radical (unpaired) electrons. The van der Waals surface area contributed by atoms with E-state index in [1.165, 1.54) is 0 Å². The lowest BCUT2D eigenvalue weighted by Crippen LogP contribution is -2.35. The van der Waals surface area contributed by atoms with E-state index in [1.807, 2.05) is 24.3 Å². The molecule has 0 saturated carbocycles. The Balaban J connectivity index is 2.32. The Hall–Kier alpha value is -2.14. The first-order valence-corrected chi connectivity index (χ1v) is 7.22. The maximum absolute atomic E-state index is 12.5. The molecule has 1 amide bonds. The van der Waals surface area contributed by atoms with Crippen LogP contribution in [0.3, 0.4) is 0 Å². The van der Waals surface area contributed by atoms with Crippen LogP contribution in [0, 0.1) is 0 Å². The lowest BCUT2D eigenvalue weighted by atomic mass is 10.1. The van der Waals surface area contributed by atoms with Crippen LogP contribution in [0.4, 0.5) is 5.69 Å². The van der Waals surface area contributed by atoms with E-state index >= 15 is 0 Å². The quantitative estimate of drug-likeness (QED) is 0.852. The molecule has 3 N–H and O–H groups in total. The number of aliphatic hydroxyl groups excluding tert-OH is 1. The first-order chi connectivity index (χ1) is 10.2. The zero-order valence-corrected chi connectivity index (χ0v) is 12.2. The minimum Gasteiger partial charge on any atom is -0.398 e. The molecular weight excluding hydrogens is 266 g/mol. The lowest BCUT2D eigenvalue weighted by Gasteiger charge is -2.21. The second-order valence-corrected chi connectivity index (χ2v) is 4.98. The molecule has 1 heterocycles. The van der Waals surface area contributed by atoms with Gasteiger partial charge in [0.15, 0.2) is 0 Å². The molecule has 1 aromatic carbocycles. The highest BCUT2D eigenvalue weighted by molar-refractivity contribution is 5.99. The fraction of sp³-hybridized carbons (Fsp3) is 0.375. The van der Waals surface area contributed by atoms with Gasteiger partial charge in [-0.25, -0.2) is 4.98 Å². The minimum absolute atomic E-state index is 0.0570. The van der Waals surface area contributed by atoms with E-state index < -0.39 is 0 Å². The number of pyridine rings is 1. The molecule has 0 spiro atoms. The molecule has 2 aromatic rings.